The Morgan fingerprint density at radius 2 is 1.71 bits per heavy atom. The Morgan fingerprint density at radius 1 is 1.08 bits per heavy atom. The molecule has 0 atom stereocenters. The van der Waals surface area contributed by atoms with Crippen molar-refractivity contribution in [1.29, 1.82) is 0 Å². The molecule has 2 aromatic carbocycles. The number of likely N-dealkylation sites (tertiary alicyclic amines) is 1. The van der Waals surface area contributed by atoms with Gasteiger partial charge in [0.25, 0.3) is 0 Å². The van der Waals surface area contributed by atoms with Crippen LogP contribution in [-0.2, 0) is 11.3 Å². The van der Waals surface area contributed by atoms with Gasteiger partial charge in [-0.05, 0) is 90.5 Å². The molecule has 3 nitrogen and oxygen atoms in total. The van der Waals surface area contributed by atoms with E-state index in [2.05, 4.69) is 44.9 Å². The van der Waals surface area contributed by atoms with Gasteiger partial charge in [0, 0.05) is 26.7 Å². The summed E-state index contributed by atoms with van der Waals surface area (Å²) in [6, 6.07) is 15.9. The Balaban J connectivity index is 1.48. The summed E-state index contributed by atoms with van der Waals surface area (Å²) in [5, 5.41) is 3.80. The minimum Gasteiger partial charge on any atom is -0.326 e. The average molecular weight is 455 g/mol. The first-order chi connectivity index (χ1) is 11.6. The van der Waals surface area contributed by atoms with Crippen LogP contribution < -0.4 is 5.32 Å². The molecule has 5 heteroatoms. The molecule has 1 aliphatic rings. The number of carbonyl (C=O) groups is 1. The average Bonchev–Trinajstić information content (AvgIpc) is 2.59. The van der Waals surface area contributed by atoms with Gasteiger partial charge < -0.3 is 5.32 Å². The van der Waals surface area contributed by atoms with Crippen LogP contribution in [0.1, 0.15) is 18.4 Å². The summed E-state index contributed by atoms with van der Waals surface area (Å²) in [6.07, 6.45) is 1.81. The highest BCUT2D eigenvalue weighted by Crippen LogP contribution is 2.22. The van der Waals surface area contributed by atoms with E-state index >= 15 is 0 Å². The van der Waals surface area contributed by atoms with Gasteiger partial charge in [0.15, 0.2) is 0 Å². The summed E-state index contributed by atoms with van der Waals surface area (Å²) < 4.78 is 1.17. The summed E-state index contributed by atoms with van der Waals surface area (Å²) in [4.78, 5) is 14.8. The van der Waals surface area contributed by atoms with E-state index in [1.807, 2.05) is 36.4 Å². The van der Waals surface area contributed by atoms with Gasteiger partial charge in [0.05, 0.1) is 0 Å². The molecule has 0 aliphatic carbocycles. The lowest BCUT2D eigenvalue weighted by Crippen LogP contribution is -2.37. The number of benzene rings is 2. The molecule has 1 fully saturated rings. The molecule has 2 aromatic rings. The molecule has 24 heavy (non-hydrogen) atoms. The van der Waals surface area contributed by atoms with Crippen LogP contribution in [0.5, 0.6) is 0 Å². The Labute approximate surface area is 161 Å². The first-order valence-corrected chi connectivity index (χ1v) is 9.59. The fourth-order valence-electron chi connectivity index (χ4n) is 2.98. The van der Waals surface area contributed by atoms with Crippen molar-refractivity contribution in [2.45, 2.75) is 19.4 Å². The van der Waals surface area contributed by atoms with E-state index in [0.29, 0.717) is 0 Å². The van der Waals surface area contributed by atoms with Crippen molar-refractivity contribution < 1.29 is 4.79 Å². The number of amides is 1. The molecule has 0 aromatic heterocycles. The van der Waals surface area contributed by atoms with Gasteiger partial charge in [-0.25, -0.2) is 0 Å². The number of anilines is 1. The second-order valence-corrected chi connectivity index (χ2v) is 7.86. The highest BCUT2D eigenvalue weighted by atomic mass is 127. The van der Waals surface area contributed by atoms with Gasteiger partial charge in [0.2, 0.25) is 5.91 Å². The molecule has 0 radical (unpaired) electrons. The van der Waals surface area contributed by atoms with E-state index < -0.39 is 0 Å². The lowest BCUT2D eigenvalue weighted by Gasteiger charge is -2.31. The van der Waals surface area contributed by atoms with Crippen molar-refractivity contribution in [2.75, 3.05) is 18.4 Å². The zero-order valence-corrected chi connectivity index (χ0v) is 16.3. The summed E-state index contributed by atoms with van der Waals surface area (Å²) in [5.41, 5.74) is 2.14. The Kier molecular flexibility index (Phi) is 6.14. The van der Waals surface area contributed by atoms with E-state index in [9.17, 15) is 4.79 Å². The third-order valence-corrected chi connectivity index (χ3v) is 5.36. The van der Waals surface area contributed by atoms with Crippen LogP contribution in [0.3, 0.4) is 0 Å². The van der Waals surface area contributed by atoms with E-state index in [4.69, 9.17) is 11.6 Å². The molecule has 0 spiro atoms. The molecule has 126 valence electrons. The molecular weight excluding hydrogens is 435 g/mol. The Bertz CT molecular complexity index is 680. The molecule has 0 bridgehead atoms. The number of nitrogens with zero attached hydrogens (tertiary/aromatic N) is 1. The second-order valence-electron chi connectivity index (χ2n) is 6.17. The van der Waals surface area contributed by atoms with Crippen molar-refractivity contribution in [3.63, 3.8) is 0 Å². The number of rotatable bonds is 4. The Hall–Kier alpha value is -1.11. The third kappa shape index (κ3) is 4.94. The fraction of sp³-hybridized carbons (Fsp3) is 0.316. The van der Waals surface area contributed by atoms with E-state index in [1.165, 1.54) is 9.13 Å². The maximum Gasteiger partial charge on any atom is 0.227 e. The number of hydrogen-bond acceptors (Lipinski definition) is 2. The zero-order chi connectivity index (χ0) is 16.9. The van der Waals surface area contributed by atoms with Crippen molar-refractivity contribution in [3.05, 3.63) is 62.7 Å². The summed E-state index contributed by atoms with van der Waals surface area (Å²) in [5.74, 6) is 0.244. The summed E-state index contributed by atoms with van der Waals surface area (Å²) in [6.45, 7) is 2.82. The van der Waals surface area contributed by atoms with E-state index in [-0.39, 0.29) is 11.8 Å². The Morgan fingerprint density at radius 3 is 2.33 bits per heavy atom. The lowest BCUT2D eigenvalue weighted by atomic mass is 9.95. The minimum atomic E-state index is 0.103. The topological polar surface area (TPSA) is 32.3 Å². The van der Waals surface area contributed by atoms with Crippen molar-refractivity contribution >= 4 is 45.8 Å². The van der Waals surface area contributed by atoms with Gasteiger partial charge in [0.1, 0.15) is 0 Å². The van der Waals surface area contributed by atoms with Crippen LogP contribution in [0.15, 0.2) is 48.5 Å². The molecule has 1 saturated heterocycles. The maximum absolute atomic E-state index is 12.4. The molecule has 1 N–H and O–H groups in total. The number of carbonyl (C=O) groups excluding carboxylic acids is 1. The van der Waals surface area contributed by atoms with Gasteiger partial charge in [-0.3, -0.25) is 9.69 Å². The van der Waals surface area contributed by atoms with E-state index in [1.54, 1.807) is 0 Å². The van der Waals surface area contributed by atoms with E-state index in [0.717, 1.165) is 43.2 Å². The van der Waals surface area contributed by atoms with Crippen LogP contribution >= 0.6 is 34.2 Å². The molecule has 1 heterocycles. The van der Waals surface area contributed by atoms with Crippen LogP contribution in [0.2, 0.25) is 5.02 Å². The highest BCUT2D eigenvalue weighted by Gasteiger charge is 2.25. The zero-order valence-electron chi connectivity index (χ0n) is 13.3. The highest BCUT2D eigenvalue weighted by molar-refractivity contribution is 14.1. The van der Waals surface area contributed by atoms with Crippen LogP contribution in [-0.4, -0.2) is 23.9 Å². The van der Waals surface area contributed by atoms with Crippen LogP contribution in [0.25, 0.3) is 0 Å². The maximum atomic E-state index is 12.4. The third-order valence-electron chi connectivity index (χ3n) is 4.39. The largest absolute Gasteiger partial charge is 0.326 e. The number of nitrogens with one attached hydrogen (secondary N) is 1. The first kappa shape index (κ1) is 17.7. The predicted octanol–water partition coefficient (Wildman–Crippen LogP) is 4.80. The van der Waals surface area contributed by atoms with Crippen LogP contribution in [0.4, 0.5) is 5.69 Å². The quantitative estimate of drug-likeness (QED) is 0.674. The number of hydrogen-bond donors (Lipinski definition) is 1. The number of halogens is 2. The van der Waals surface area contributed by atoms with Crippen molar-refractivity contribution in [1.82, 2.24) is 4.90 Å². The van der Waals surface area contributed by atoms with Gasteiger partial charge in [-0.1, -0.05) is 23.7 Å². The summed E-state index contributed by atoms with van der Waals surface area (Å²) in [7, 11) is 0. The van der Waals surface area contributed by atoms with Crippen molar-refractivity contribution in [3.8, 4) is 0 Å². The molecular formula is C19H20ClIN2O. The summed E-state index contributed by atoms with van der Waals surface area (Å²) >= 11 is 8.19. The SMILES string of the molecule is O=C(Nc1ccc(I)cc1)C1CCN(Cc2ccc(Cl)cc2)CC1. The second kappa shape index (κ2) is 8.32. The normalized spacial score (nSPS) is 16.1. The number of piperidine rings is 1. The molecule has 1 amide bonds. The molecule has 1 aliphatic heterocycles. The minimum absolute atomic E-state index is 0.103. The molecule has 3 rings (SSSR count). The van der Waals surface area contributed by atoms with Gasteiger partial charge >= 0.3 is 0 Å². The lowest BCUT2D eigenvalue weighted by molar-refractivity contribution is -0.121. The smallest absolute Gasteiger partial charge is 0.227 e. The standard InChI is InChI=1S/C19H20ClIN2O/c20-16-3-1-14(2-4-16)13-23-11-9-15(10-12-23)19(24)22-18-7-5-17(21)6-8-18/h1-8,15H,9-13H2,(H,22,24). The monoisotopic (exact) mass is 454 g/mol. The van der Waals surface area contributed by atoms with Crippen molar-refractivity contribution in [2.24, 2.45) is 5.92 Å². The fourth-order valence-corrected chi connectivity index (χ4v) is 3.46. The van der Waals surface area contributed by atoms with Crippen LogP contribution in [0, 0.1) is 9.49 Å². The molecule has 0 saturated carbocycles. The molecule has 0 unspecified atom stereocenters. The first-order valence-electron chi connectivity index (χ1n) is 8.13. The predicted molar refractivity (Wildman–Crippen MR) is 107 cm³/mol. The van der Waals surface area contributed by atoms with Gasteiger partial charge in [-0.15, -0.1) is 0 Å². The van der Waals surface area contributed by atoms with Gasteiger partial charge in [-0.2, -0.15) is 0 Å².